The van der Waals surface area contributed by atoms with Crippen molar-refractivity contribution in [3.05, 3.63) is 65.5 Å². The molecule has 28 heavy (non-hydrogen) atoms. The third-order valence-electron chi connectivity index (χ3n) is 3.63. The summed E-state index contributed by atoms with van der Waals surface area (Å²) in [7, 11) is 0. The van der Waals surface area contributed by atoms with Crippen molar-refractivity contribution in [3.8, 4) is 0 Å². The van der Waals surface area contributed by atoms with Gasteiger partial charge in [0.05, 0.1) is 6.26 Å². The van der Waals surface area contributed by atoms with Gasteiger partial charge >= 0.3 is 5.97 Å². The van der Waals surface area contributed by atoms with E-state index in [0.29, 0.717) is 11.3 Å². The molecule has 0 unspecified atom stereocenters. The summed E-state index contributed by atoms with van der Waals surface area (Å²) in [6, 6.07) is 7.07. The lowest BCUT2D eigenvalue weighted by Crippen LogP contribution is -2.44. The standard InChI is InChI=1S/C19H19FN2O5S/c1-28-10-8-14(19(25)26)21-17(23)15(11-12-4-6-13(20)7-5-12)22-18(24)16-3-2-9-27-16/h2-7,9,11,14H,8,10H2,1H3,(H,21,23)(H,22,24)(H,25,26)/b15-11+/t14-/m1/s1. The monoisotopic (exact) mass is 406 g/mol. The van der Waals surface area contributed by atoms with Crippen molar-refractivity contribution in [2.75, 3.05) is 12.0 Å². The van der Waals surface area contributed by atoms with E-state index in [9.17, 15) is 23.9 Å². The number of aliphatic carboxylic acids is 1. The first-order valence-corrected chi connectivity index (χ1v) is 9.65. The molecule has 2 rings (SSSR count). The zero-order chi connectivity index (χ0) is 20.5. The fourth-order valence-electron chi connectivity index (χ4n) is 2.20. The van der Waals surface area contributed by atoms with Crippen molar-refractivity contribution in [1.82, 2.24) is 10.6 Å². The van der Waals surface area contributed by atoms with E-state index in [1.807, 2.05) is 6.26 Å². The molecule has 0 saturated carbocycles. The molecule has 0 aliphatic heterocycles. The van der Waals surface area contributed by atoms with Crippen LogP contribution in [-0.2, 0) is 9.59 Å². The molecule has 1 heterocycles. The Labute approximate surface area is 165 Å². The number of nitrogens with one attached hydrogen (secondary N) is 2. The fraction of sp³-hybridized carbons (Fsp3) is 0.211. The number of hydrogen-bond acceptors (Lipinski definition) is 5. The largest absolute Gasteiger partial charge is 0.480 e. The van der Waals surface area contributed by atoms with Crippen LogP contribution in [0.5, 0.6) is 0 Å². The van der Waals surface area contributed by atoms with Crippen LogP contribution in [0.3, 0.4) is 0 Å². The molecule has 0 aliphatic rings. The predicted molar refractivity (Wildman–Crippen MR) is 103 cm³/mol. The topological polar surface area (TPSA) is 109 Å². The van der Waals surface area contributed by atoms with Crippen LogP contribution < -0.4 is 10.6 Å². The highest BCUT2D eigenvalue weighted by atomic mass is 32.2. The summed E-state index contributed by atoms with van der Waals surface area (Å²) in [6.07, 6.45) is 4.67. The summed E-state index contributed by atoms with van der Waals surface area (Å²) in [4.78, 5) is 36.3. The summed E-state index contributed by atoms with van der Waals surface area (Å²) < 4.78 is 18.1. The molecule has 1 aromatic carbocycles. The molecule has 0 spiro atoms. The second-order valence-electron chi connectivity index (χ2n) is 5.69. The van der Waals surface area contributed by atoms with Gasteiger partial charge in [0.1, 0.15) is 17.6 Å². The van der Waals surface area contributed by atoms with Crippen molar-refractivity contribution < 1.29 is 28.3 Å². The van der Waals surface area contributed by atoms with Gasteiger partial charge in [0.2, 0.25) is 0 Å². The van der Waals surface area contributed by atoms with Gasteiger partial charge in [-0.05, 0) is 54.3 Å². The molecule has 2 aromatic rings. The summed E-state index contributed by atoms with van der Waals surface area (Å²) in [5, 5.41) is 14.1. The van der Waals surface area contributed by atoms with E-state index in [0.717, 1.165) is 0 Å². The van der Waals surface area contributed by atoms with Crippen molar-refractivity contribution in [3.63, 3.8) is 0 Å². The van der Waals surface area contributed by atoms with Gasteiger partial charge in [0.15, 0.2) is 5.76 Å². The van der Waals surface area contributed by atoms with E-state index in [-0.39, 0.29) is 17.9 Å². The predicted octanol–water partition coefficient (Wildman–Crippen LogP) is 2.51. The summed E-state index contributed by atoms with van der Waals surface area (Å²) in [6.45, 7) is 0. The molecule has 1 aromatic heterocycles. The highest BCUT2D eigenvalue weighted by Crippen LogP contribution is 2.10. The maximum absolute atomic E-state index is 13.1. The van der Waals surface area contributed by atoms with Gasteiger partial charge in [-0.3, -0.25) is 9.59 Å². The molecule has 7 nitrogen and oxygen atoms in total. The molecule has 0 bridgehead atoms. The maximum Gasteiger partial charge on any atom is 0.326 e. The first-order chi connectivity index (χ1) is 13.4. The van der Waals surface area contributed by atoms with Crippen LogP contribution >= 0.6 is 11.8 Å². The Morgan fingerprint density at radius 1 is 1.25 bits per heavy atom. The number of halogens is 1. The minimum absolute atomic E-state index is 0.0185. The van der Waals surface area contributed by atoms with Crippen LogP contribution in [0.2, 0.25) is 0 Å². The zero-order valence-corrected chi connectivity index (χ0v) is 15.8. The maximum atomic E-state index is 13.1. The van der Waals surface area contributed by atoms with E-state index in [2.05, 4.69) is 10.6 Å². The van der Waals surface area contributed by atoms with Gasteiger partial charge in [0.25, 0.3) is 11.8 Å². The average molecular weight is 406 g/mol. The molecule has 0 aliphatic carbocycles. The summed E-state index contributed by atoms with van der Waals surface area (Å²) in [5.41, 5.74) is 0.255. The van der Waals surface area contributed by atoms with E-state index >= 15 is 0 Å². The molecular formula is C19H19FN2O5S. The fourth-order valence-corrected chi connectivity index (χ4v) is 2.68. The normalized spacial score (nSPS) is 12.3. The lowest BCUT2D eigenvalue weighted by atomic mass is 10.1. The second kappa shape index (κ2) is 10.3. The Bertz CT molecular complexity index is 850. The average Bonchev–Trinajstić information content (AvgIpc) is 3.20. The molecule has 2 amide bonds. The summed E-state index contributed by atoms with van der Waals surface area (Å²) >= 11 is 1.45. The molecule has 0 saturated heterocycles. The lowest BCUT2D eigenvalue weighted by Gasteiger charge is -2.16. The number of carbonyl (C=O) groups is 3. The van der Waals surface area contributed by atoms with Gasteiger partial charge in [-0.15, -0.1) is 0 Å². The quantitative estimate of drug-likeness (QED) is 0.552. The third-order valence-corrected chi connectivity index (χ3v) is 4.28. The van der Waals surface area contributed by atoms with Gasteiger partial charge in [0, 0.05) is 0 Å². The molecular weight excluding hydrogens is 387 g/mol. The van der Waals surface area contributed by atoms with Gasteiger partial charge in [-0.25, -0.2) is 9.18 Å². The van der Waals surface area contributed by atoms with Crippen LogP contribution in [-0.4, -0.2) is 40.9 Å². The van der Waals surface area contributed by atoms with Crippen LogP contribution in [0.25, 0.3) is 6.08 Å². The van der Waals surface area contributed by atoms with E-state index in [1.165, 1.54) is 60.5 Å². The number of carboxylic acids is 1. The van der Waals surface area contributed by atoms with E-state index < -0.39 is 29.6 Å². The third kappa shape index (κ3) is 6.27. The molecule has 0 radical (unpaired) electrons. The number of thioether (sulfide) groups is 1. The van der Waals surface area contributed by atoms with E-state index in [1.54, 1.807) is 0 Å². The Hall–Kier alpha value is -3.07. The first kappa shape index (κ1) is 21.2. The van der Waals surface area contributed by atoms with Crippen molar-refractivity contribution in [2.45, 2.75) is 12.5 Å². The number of hydrogen-bond donors (Lipinski definition) is 3. The summed E-state index contributed by atoms with van der Waals surface area (Å²) in [5.74, 6) is -2.57. The van der Waals surface area contributed by atoms with Gasteiger partial charge < -0.3 is 20.2 Å². The Kier molecular flexibility index (Phi) is 7.82. The second-order valence-corrected chi connectivity index (χ2v) is 6.67. The SMILES string of the molecule is CSCC[C@@H](NC(=O)/C(=C\c1ccc(F)cc1)NC(=O)c1ccco1)C(=O)O. The molecule has 9 heteroatoms. The zero-order valence-electron chi connectivity index (χ0n) is 15.0. The highest BCUT2D eigenvalue weighted by molar-refractivity contribution is 7.98. The number of carbonyl (C=O) groups excluding carboxylic acids is 2. The molecule has 148 valence electrons. The van der Waals surface area contributed by atoms with Gasteiger partial charge in [-0.1, -0.05) is 12.1 Å². The van der Waals surface area contributed by atoms with Crippen molar-refractivity contribution in [1.29, 1.82) is 0 Å². The van der Waals surface area contributed by atoms with Crippen molar-refractivity contribution >= 4 is 35.6 Å². The van der Waals surface area contributed by atoms with Crippen LogP contribution in [0, 0.1) is 5.82 Å². The Morgan fingerprint density at radius 2 is 1.96 bits per heavy atom. The highest BCUT2D eigenvalue weighted by Gasteiger charge is 2.23. The Morgan fingerprint density at radius 3 is 2.54 bits per heavy atom. The molecule has 3 N–H and O–H groups in total. The lowest BCUT2D eigenvalue weighted by molar-refractivity contribution is -0.141. The number of carboxylic acid groups (broad SMARTS) is 1. The minimum Gasteiger partial charge on any atom is -0.480 e. The van der Waals surface area contributed by atoms with Gasteiger partial charge in [-0.2, -0.15) is 11.8 Å². The smallest absolute Gasteiger partial charge is 0.326 e. The van der Waals surface area contributed by atoms with Crippen LogP contribution in [0.15, 0.2) is 52.8 Å². The van der Waals surface area contributed by atoms with Crippen LogP contribution in [0.1, 0.15) is 22.5 Å². The first-order valence-electron chi connectivity index (χ1n) is 8.25. The van der Waals surface area contributed by atoms with E-state index in [4.69, 9.17) is 4.42 Å². The number of benzene rings is 1. The number of amides is 2. The molecule has 0 fully saturated rings. The molecule has 1 atom stereocenters. The number of rotatable bonds is 9. The van der Waals surface area contributed by atoms with Crippen molar-refractivity contribution in [2.24, 2.45) is 0 Å². The Balaban J connectivity index is 2.25. The minimum atomic E-state index is -1.18. The van der Waals surface area contributed by atoms with Crippen LogP contribution in [0.4, 0.5) is 4.39 Å². The number of furan rings is 1.